The fourth-order valence-electron chi connectivity index (χ4n) is 2.15. The van der Waals surface area contributed by atoms with Crippen LogP contribution in [0, 0.1) is 0 Å². The summed E-state index contributed by atoms with van der Waals surface area (Å²) in [5, 5.41) is 12.1. The largest absolute Gasteiger partial charge is 0.843 e. The maximum absolute atomic E-state index is 12.1. The van der Waals surface area contributed by atoms with Crippen molar-refractivity contribution >= 4 is 5.78 Å². The van der Waals surface area contributed by atoms with E-state index in [-0.39, 0.29) is 0 Å². The van der Waals surface area contributed by atoms with Gasteiger partial charge in [0, 0.05) is 0 Å². The van der Waals surface area contributed by atoms with Crippen LogP contribution in [0.5, 0.6) is 5.75 Å². The third kappa shape index (κ3) is 1.69. The van der Waals surface area contributed by atoms with Crippen LogP contribution in [0.1, 0.15) is 22.0 Å². The van der Waals surface area contributed by atoms with Crippen molar-refractivity contribution in [3.05, 3.63) is 65.7 Å². The lowest BCUT2D eigenvalue weighted by molar-refractivity contribution is -0.416. The third-order valence-corrected chi connectivity index (χ3v) is 3.07. The fraction of sp³-hybridized carbons (Fsp3) is 0.133. The first-order valence-corrected chi connectivity index (χ1v) is 5.78. The van der Waals surface area contributed by atoms with Crippen molar-refractivity contribution in [1.29, 1.82) is 0 Å². The number of ether oxygens (including phenoxy) is 1. The zero-order valence-corrected chi connectivity index (χ0v) is 9.58. The molecule has 2 aromatic carbocycles. The van der Waals surface area contributed by atoms with Crippen molar-refractivity contribution in [2.75, 3.05) is 0 Å². The van der Waals surface area contributed by atoms with E-state index in [1.807, 2.05) is 18.2 Å². The third-order valence-electron chi connectivity index (χ3n) is 3.07. The van der Waals surface area contributed by atoms with Crippen LogP contribution in [0.25, 0.3) is 0 Å². The Bertz CT molecular complexity index is 577. The van der Waals surface area contributed by atoms with Crippen LogP contribution in [-0.4, -0.2) is 11.9 Å². The number of carbonyl (C=O) groups excluding carboxylic acids is 1. The summed E-state index contributed by atoms with van der Waals surface area (Å²) < 4.78 is 5.67. The lowest BCUT2D eigenvalue weighted by Gasteiger charge is -2.36. The molecule has 0 amide bonds. The van der Waals surface area contributed by atoms with Crippen molar-refractivity contribution in [1.82, 2.24) is 0 Å². The molecule has 3 nitrogen and oxygen atoms in total. The van der Waals surface area contributed by atoms with E-state index in [0.717, 1.165) is 5.56 Å². The predicted octanol–water partition coefficient (Wildman–Crippen LogP) is 1.73. The number of ketones is 1. The highest BCUT2D eigenvalue weighted by atomic mass is 16.5. The van der Waals surface area contributed by atoms with Gasteiger partial charge < -0.3 is 9.84 Å². The minimum absolute atomic E-state index is 0.379. The Kier molecular flexibility index (Phi) is 2.61. The summed E-state index contributed by atoms with van der Waals surface area (Å²) in [6.07, 6.45) is -2.14. The van der Waals surface area contributed by atoms with E-state index in [2.05, 4.69) is 0 Å². The van der Waals surface area contributed by atoms with Crippen LogP contribution >= 0.6 is 0 Å². The Morgan fingerprint density at radius 3 is 2.39 bits per heavy atom. The van der Waals surface area contributed by atoms with Gasteiger partial charge in [-0.1, -0.05) is 42.5 Å². The molecule has 3 rings (SSSR count). The first-order valence-electron chi connectivity index (χ1n) is 5.78. The van der Waals surface area contributed by atoms with E-state index in [1.54, 1.807) is 36.4 Å². The summed E-state index contributed by atoms with van der Waals surface area (Å²) in [5.74, 6) is 0.0918. The van der Waals surface area contributed by atoms with Gasteiger partial charge in [0.15, 0.2) is 5.78 Å². The van der Waals surface area contributed by atoms with Crippen LogP contribution in [0.3, 0.4) is 0 Å². The van der Waals surface area contributed by atoms with Gasteiger partial charge in [-0.2, -0.15) is 0 Å². The van der Waals surface area contributed by atoms with E-state index >= 15 is 0 Å². The van der Waals surface area contributed by atoms with Gasteiger partial charge >= 0.3 is 0 Å². The molecule has 1 aliphatic heterocycles. The average Bonchev–Trinajstić information content (AvgIpc) is 2.44. The molecule has 1 heterocycles. The van der Waals surface area contributed by atoms with Gasteiger partial charge in [-0.15, -0.1) is 0 Å². The predicted molar refractivity (Wildman–Crippen MR) is 64.4 cm³/mol. The quantitative estimate of drug-likeness (QED) is 0.761. The van der Waals surface area contributed by atoms with Crippen LogP contribution in [-0.2, 0) is 0 Å². The molecule has 0 bridgehead atoms. The van der Waals surface area contributed by atoms with E-state index in [0.29, 0.717) is 11.3 Å². The van der Waals surface area contributed by atoms with Crippen molar-refractivity contribution in [3.8, 4) is 5.75 Å². The summed E-state index contributed by atoms with van der Waals surface area (Å²) >= 11 is 0. The SMILES string of the molecule is O=C1c2ccccc2OC(c2ccccc2)C1[O-]. The zero-order valence-electron chi connectivity index (χ0n) is 9.58. The molecule has 18 heavy (non-hydrogen) atoms. The second-order valence-corrected chi connectivity index (χ2v) is 4.23. The zero-order chi connectivity index (χ0) is 12.5. The molecule has 0 saturated carbocycles. The van der Waals surface area contributed by atoms with Crippen LogP contribution in [0.4, 0.5) is 0 Å². The Labute approximate surface area is 105 Å². The van der Waals surface area contributed by atoms with Gasteiger partial charge in [0.25, 0.3) is 0 Å². The van der Waals surface area contributed by atoms with Gasteiger partial charge in [-0.3, -0.25) is 4.79 Å². The Hall–Kier alpha value is -2.13. The highest BCUT2D eigenvalue weighted by molar-refractivity contribution is 6.02. The monoisotopic (exact) mass is 239 g/mol. The van der Waals surface area contributed by atoms with Crippen LogP contribution < -0.4 is 9.84 Å². The number of hydrogen-bond donors (Lipinski definition) is 0. The lowest BCUT2D eigenvalue weighted by atomic mass is 9.94. The Morgan fingerprint density at radius 1 is 0.944 bits per heavy atom. The lowest BCUT2D eigenvalue weighted by Crippen LogP contribution is -2.45. The average molecular weight is 239 g/mol. The van der Waals surface area contributed by atoms with Crippen molar-refractivity contribution in [2.24, 2.45) is 0 Å². The number of benzene rings is 2. The molecule has 0 radical (unpaired) electrons. The molecule has 0 fully saturated rings. The molecule has 0 saturated heterocycles. The standard InChI is InChI=1S/C15H11O3/c16-13-11-8-4-5-9-12(11)18-15(14(13)17)10-6-2-1-3-7-10/h1-9,14-15H/q-1. The van der Waals surface area contributed by atoms with E-state index in [1.165, 1.54) is 0 Å². The molecule has 1 aliphatic rings. The molecule has 0 aliphatic carbocycles. The van der Waals surface area contributed by atoms with Crippen LogP contribution in [0.15, 0.2) is 54.6 Å². The fourth-order valence-corrected chi connectivity index (χ4v) is 2.15. The minimum Gasteiger partial charge on any atom is -0.843 e. The molecule has 0 spiro atoms. The molecule has 2 unspecified atom stereocenters. The molecular formula is C15H11O3-. The van der Waals surface area contributed by atoms with E-state index in [4.69, 9.17) is 4.74 Å². The van der Waals surface area contributed by atoms with Gasteiger partial charge in [0.2, 0.25) is 0 Å². The van der Waals surface area contributed by atoms with Crippen molar-refractivity contribution in [3.63, 3.8) is 0 Å². The summed E-state index contributed by atoms with van der Waals surface area (Å²) in [6.45, 7) is 0. The number of hydrogen-bond acceptors (Lipinski definition) is 3. The number of Topliss-reactive ketones (excluding diaryl/α,β-unsaturated/α-hetero) is 1. The van der Waals surface area contributed by atoms with Crippen LogP contribution in [0.2, 0.25) is 0 Å². The first kappa shape index (κ1) is 11.0. The second kappa shape index (κ2) is 4.27. The minimum atomic E-state index is -1.40. The summed E-state index contributed by atoms with van der Waals surface area (Å²) in [7, 11) is 0. The molecule has 0 aromatic heterocycles. The van der Waals surface area contributed by atoms with Crippen molar-refractivity contribution < 1.29 is 14.6 Å². The topological polar surface area (TPSA) is 49.4 Å². The number of carbonyl (C=O) groups is 1. The van der Waals surface area contributed by atoms with Gasteiger partial charge in [0.1, 0.15) is 11.9 Å². The van der Waals surface area contributed by atoms with Crippen molar-refractivity contribution in [2.45, 2.75) is 12.2 Å². The molecule has 90 valence electrons. The second-order valence-electron chi connectivity index (χ2n) is 4.23. The maximum atomic E-state index is 12.1. The smallest absolute Gasteiger partial charge is 0.157 e. The van der Waals surface area contributed by atoms with Gasteiger partial charge in [0.05, 0.1) is 5.56 Å². The van der Waals surface area contributed by atoms with Gasteiger partial charge in [-0.25, -0.2) is 0 Å². The maximum Gasteiger partial charge on any atom is 0.157 e. The molecular weight excluding hydrogens is 228 g/mol. The summed E-state index contributed by atoms with van der Waals surface area (Å²) in [5.41, 5.74) is 1.12. The summed E-state index contributed by atoms with van der Waals surface area (Å²) in [4.78, 5) is 12.0. The highest BCUT2D eigenvalue weighted by Crippen LogP contribution is 2.33. The molecule has 2 aromatic rings. The Balaban J connectivity index is 2.04. The molecule has 0 N–H and O–H groups in total. The van der Waals surface area contributed by atoms with Gasteiger partial charge in [-0.05, 0) is 23.8 Å². The molecule has 3 heteroatoms. The first-order chi connectivity index (χ1) is 8.77. The highest BCUT2D eigenvalue weighted by Gasteiger charge is 2.30. The summed E-state index contributed by atoms with van der Waals surface area (Å²) in [6, 6.07) is 16.0. The van der Waals surface area contributed by atoms with E-state index in [9.17, 15) is 9.90 Å². The number of para-hydroxylation sites is 1. The Morgan fingerprint density at radius 2 is 1.61 bits per heavy atom. The number of rotatable bonds is 1. The van der Waals surface area contributed by atoms with E-state index < -0.39 is 18.0 Å². The normalized spacial score (nSPS) is 22.2. The number of fused-ring (bicyclic) bond motifs is 1. The molecule has 2 atom stereocenters.